The molecular formula is C16H31N. The summed E-state index contributed by atoms with van der Waals surface area (Å²) >= 11 is 0. The van der Waals surface area contributed by atoms with E-state index in [1.807, 2.05) is 0 Å². The molecule has 2 saturated carbocycles. The van der Waals surface area contributed by atoms with E-state index in [0.717, 1.165) is 12.0 Å². The van der Waals surface area contributed by atoms with Gasteiger partial charge in [0.2, 0.25) is 0 Å². The summed E-state index contributed by atoms with van der Waals surface area (Å²) in [6, 6.07) is 0.752. The zero-order chi connectivity index (χ0) is 12.9. The van der Waals surface area contributed by atoms with Crippen LogP contribution in [0.1, 0.15) is 67.2 Å². The van der Waals surface area contributed by atoms with E-state index in [1.165, 1.54) is 32.2 Å². The first kappa shape index (κ1) is 13.4. The van der Waals surface area contributed by atoms with Crippen molar-refractivity contribution < 1.29 is 0 Å². The number of hydrogen-bond donors (Lipinski definition) is 1. The van der Waals surface area contributed by atoms with Crippen LogP contribution in [0.3, 0.4) is 0 Å². The van der Waals surface area contributed by atoms with Gasteiger partial charge in [-0.15, -0.1) is 0 Å². The van der Waals surface area contributed by atoms with Gasteiger partial charge in [0.25, 0.3) is 0 Å². The summed E-state index contributed by atoms with van der Waals surface area (Å²) in [6.07, 6.45) is 5.55. The molecule has 0 heterocycles. The monoisotopic (exact) mass is 237 g/mol. The van der Waals surface area contributed by atoms with E-state index in [0.29, 0.717) is 16.2 Å². The van der Waals surface area contributed by atoms with Gasteiger partial charge in [0.05, 0.1) is 0 Å². The second-order valence-electron chi connectivity index (χ2n) is 8.06. The Morgan fingerprint density at radius 1 is 1.24 bits per heavy atom. The van der Waals surface area contributed by atoms with Crippen LogP contribution in [0.4, 0.5) is 0 Å². The SMILES string of the molecule is CCC(C)(C)CNC1CC2CCC1(C)C2(C)C. The Morgan fingerprint density at radius 3 is 2.29 bits per heavy atom. The third-order valence-electron chi connectivity index (χ3n) is 6.58. The zero-order valence-corrected chi connectivity index (χ0v) is 12.7. The molecule has 0 aliphatic heterocycles. The lowest BCUT2D eigenvalue weighted by molar-refractivity contribution is 0.114. The van der Waals surface area contributed by atoms with Crippen LogP contribution < -0.4 is 5.32 Å². The van der Waals surface area contributed by atoms with E-state index >= 15 is 0 Å². The standard InChI is InChI=1S/C16H31N/c1-7-14(2,3)11-17-13-10-12-8-9-16(13,6)15(12,4)5/h12-13,17H,7-11H2,1-6H3. The third-order valence-corrected chi connectivity index (χ3v) is 6.58. The Labute approximate surface area is 108 Å². The molecule has 0 aromatic carbocycles. The Hall–Kier alpha value is -0.0400. The van der Waals surface area contributed by atoms with Gasteiger partial charge in [-0.1, -0.05) is 41.5 Å². The van der Waals surface area contributed by atoms with Crippen molar-refractivity contribution in [1.29, 1.82) is 0 Å². The van der Waals surface area contributed by atoms with E-state index < -0.39 is 0 Å². The van der Waals surface area contributed by atoms with Crippen LogP contribution in [-0.4, -0.2) is 12.6 Å². The molecule has 100 valence electrons. The summed E-state index contributed by atoms with van der Waals surface area (Å²) in [7, 11) is 0. The lowest BCUT2D eigenvalue weighted by atomic mass is 9.69. The molecule has 3 atom stereocenters. The second kappa shape index (κ2) is 3.98. The van der Waals surface area contributed by atoms with Crippen molar-refractivity contribution in [2.75, 3.05) is 6.54 Å². The van der Waals surface area contributed by atoms with Gasteiger partial charge in [0, 0.05) is 12.6 Å². The topological polar surface area (TPSA) is 12.0 Å². The fourth-order valence-corrected chi connectivity index (χ4v) is 4.04. The Kier molecular flexibility index (Phi) is 3.14. The van der Waals surface area contributed by atoms with Crippen LogP contribution in [0, 0.1) is 22.2 Å². The summed E-state index contributed by atoms with van der Waals surface area (Å²) in [5.74, 6) is 0.953. The highest BCUT2D eigenvalue weighted by Crippen LogP contribution is 2.65. The highest BCUT2D eigenvalue weighted by Gasteiger charge is 2.61. The number of nitrogens with one attached hydrogen (secondary N) is 1. The average molecular weight is 237 g/mol. The molecule has 2 fully saturated rings. The lowest BCUT2D eigenvalue weighted by Crippen LogP contribution is -2.47. The molecule has 2 aliphatic carbocycles. The molecule has 3 unspecified atom stereocenters. The maximum atomic E-state index is 3.90. The molecule has 0 amide bonds. The molecule has 2 rings (SSSR count). The molecule has 2 bridgehead atoms. The van der Waals surface area contributed by atoms with Crippen LogP contribution >= 0.6 is 0 Å². The molecule has 0 spiro atoms. The molecule has 0 aromatic heterocycles. The summed E-state index contributed by atoms with van der Waals surface area (Å²) in [4.78, 5) is 0. The minimum absolute atomic E-state index is 0.447. The Bertz CT molecular complexity index is 292. The van der Waals surface area contributed by atoms with Crippen LogP contribution in [0.25, 0.3) is 0 Å². The molecule has 17 heavy (non-hydrogen) atoms. The molecule has 0 radical (unpaired) electrons. The van der Waals surface area contributed by atoms with Crippen molar-refractivity contribution in [2.24, 2.45) is 22.2 Å². The van der Waals surface area contributed by atoms with Gasteiger partial charge in [-0.2, -0.15) is 0 Å². The largest absolute Gasteiger partial charge is 0.313 e. The van der Waals surface area contributed by atoms with Crippen molar-refractivity contribution in [2.45, 2.75) is 73.3 Å². The molecular weight excluding hydrogens is 206 g/mol. The van der Waals surface area contributed by atoms with Gasteiger partial charge in [0.1, 0.15) is 0 Å². The number of rotatable bonds is 4. The fourth-order valence-electron chi connectivity index (χ4n) is 4.04. The van der Waals surface area contributed by atoms with Gasteiger partial charge in [-0.25, -0.2) is 0 Å². The highest BCUT2D eigenvalue weighted by atomic mass is 15.0. The van der Waals surface area contributed by atoms with Crippen molar-refractivity contribution in [3.05, 3.63) is 0 Å². The first-order valence-corrected chi connectivity index (χ1v) is 7.46. The quantitative estimate of drug-likeness (QED) is 0.771. The fraction of sp³-hybridized carbons (Fsp3) is 1.00. The predicted molar refractivity (Wildman–Crippen MR) is 75.1 cm³/mol. The molecule has 2 aliphatic rings. The third kappa shape index (κ3) is 1.95. The van der Waals surface area contributed by atoms with E-state index in [1.54, 1.807) is 0 Å². The minimum Gasteiger partial charge on any atom is -0.313 e. The van der Waals surface area contributed by atoms with Gasteiger partial charge >= 0.3 is 0 Å². The van der Waals surface area contributed by atoms with Gasteiger partial charge < -0.3 is 5.32 Å². The lowest BCUT2D eigenvalue weighted by Gasteiger charge is -2.41. The van der Waals surface area contributed by atoms with Crippen LogP contribution in [-0.2, 0) is 0 Å². The predicted octanol–water partition coefficient (Wildman–Crippen LogP) is 4.23. The maximum Gasteiger partial charge on any atom is 0.0129 e. The van der Waals surface area contributed by atoms with Crippen LogP contribution in [0.2, 0.25) is 0 Å². The van der Waals surface area contributed by atoms with Gasteiger partial charge in [0.15, 0.2) is 0 Å². The summed E-state index contributed by atoms with van der Waals surface area (Å²) < 4.78 is 0. The first-order chi connectivity index (χ1) is 7.73. The normalized spacial score (nSPS) is 39.9. The average Bonchev–Trinajstić information content (AvgIpc) is 2.58. The maximum absolute atomic E-state index is 3.90. The van der Waals surface area contributed by atoms with Crippen molar-refractivity contribution in [1.82, 2.24) is 5.32 Å². The van der Waals surface area contributed by atoms with Gasteiger partial charge in [-0.05, 0) is 47.8 Å². The van der Waals surface area contributed by atoms with E-state index in [2.05, 4.69) is 46.9 Å². The first-order valence-electron chi connectivity index (χ1n) is 7.46. The Balaban J connectivity index is 2.01. The number of fused-ring (bicyclic) bond motifs is 2. The van der Waals surface area contributed by atoms with E-state index in [-0.39, 0.29) is 0 Å². The van der Waals surface area contributed by atoms with Crippen molar-refractivity contribution in [3.63, 3.8) is 0 Å². The molecule has 1 N–H and O–H groups in total. The second-order valence-corrected chi connectivity index (χ2v) is 8.06. The zero-order valence-electron chi connectivity index (χ0n) is 12.7. The van der Waals surface area contributed by atoms with Crippen LogP contribution in [0.5, 0.6) is 0 Å². The molecule has 0 saturated heterocycles. The van der Waals surface area contributed by atoms with Gasteiger partial charge in [-0.3, -0.25) is 0 Å². The van der Waals surface area contributed by atoms with Crippen LogP contribution in [0.15, 0.2) is 0 Å². The van der Waals surface area contributed by atoms with Crippen molar-refractivity contribution in [3.8, 4) is 0 Å². The van der Waals surface area contributed by atoms with E-state index in [4.69, 9.17) is 0 Å². The summed E-state index contributed by atoms with van der Waals surface area (Å²) in [5.41, 5.74) is 1.52. The molecule has 1 heteroatoms. The molecule has 1 nitrogen and oxygen atoms in total. The highest BCUT2D eigenvalue weighted by molar-refractivity contribution is 5.13. The minimum atomic E-state index is 0.447. The Morgan fingerprint density at radius 2 is 1.88 bits per heavy atom. The smallest absolute Gasteiger partial charge is 0.0129 e. The summed E-state index contributed by atoms with van der Waals surface area (Å²) in [5, 5.41) is 3.90. The number of hydrogen-bond acceptors (Lipinski definition) is 1. The van der Waals surface area contributed by atoms with E-state index in [9.17, 15) is 0 Å². The molecule has 0 aromatic rings. The van der Waals surface area contributed by atoms with Crippen molar-refractivity contribution >= 4 is 0 Å². The summed E-state index contributed by atoms with van der Waals surface area (Å²) in [6.45, 7) is 15.7.